The summed E-state index contributed by atoms with van der Waals surface area (Å²) >= 11 is 5.36. The topological polar surface area (TPSA) is 81.7 Å². The number of ether oxygens (including phenoxy) is 3. The second kappa shape index (κ2) is 10.4. The number of anilines is 1. The fourth-order valence-electron chi connectivity index (χ4n) is 4.54. The minimum absolute atomic E-state index is 0.0166. The van der Waals surface area contributed by atoms with Gasteiger partial charge >= 0.3 is 0 Å². The van der Waals surface area contributed by atoms with E-state index in [9.17, 15) is 4.79 Å². The highest BCUT2D eigenvalue weighted by Crippen LogP contribution is 2.47. The van der Waals surface area contributed by atoms with Gasteiger partial charge in [-0.05, 0) is 73.3 Å². The predicted molar refractivity (Wildman–Crippen MR) is 144 cm³/mol. The number of amides is 1. The first-order valence-corrected chi connectivity index (χ1v) is 12.2. The zero-order valence-corrected chi connectivity index (χ0v) is 20.9. The maximum atomic E-state index is 12.6. The van der Waals surface area contributed by atoms with E-state index in [2.05, 4.69) is 39.9 Å². The minimum Gasteiger partial charge on any atom is -0.493 e. The van der Waals surface area contributed by atoms with Crippen molar-refractivity contribution < 1.29 is 19.0 Å². The molecular weight excluding hydrogens is 474 g/mol. The third-order valence-corrected chi connectivity index (χ3v) is 6.73. The van der Waals surface area contributed by atoms with E-state index in [1.54, 1.807) is 26.5 Å². The van der Waals surface area contributed by atoms with Gasteiger partial charge in [0.15, 0.2) is 16.6 Å². The van der Waals surface area contributed by atoms with Gasteiger partial charge in [-0.3, -0.25) is 9.78 Å². The predicted octanol–water partition coefficient (Wildman–Crippen LogP) is 5.63. The van der Waals surface area contributed by atoms with Crippen molar-refractivity contribution in [1.82, 2.24) is 10.3 Å². The fourth-order valence-corrected chi connectivity index (χ4v) is 4.76. The average Bonchev–Trinajstić information content (AvgIpc) is 3.71. The Hall–Kier alpha value is -3.91. The van der Waals surface area contributed by atoms with E-state index in [1.807, 2.05) is 36.4 Å². The molecule has 8 heteroatoms. The molecule has 0 saturated heterocycles. The van der Waals surface area contributed by atoms with E-state index >= 15 is 0 Å². The van der Waals surface area contributed by atoms with Crippen molar-refractivity contribution in [3.63, 3.8) is 0 Å². The van der Waals surface area contributed by atoms with Crippen LogP contribution in [0.4, 0.5) is 5.69 Å². The molecule has 2 aliphatic carbocycles. The number of aromatic nitrogens is 1. The summed E-state index contributed by atoms with van der Waals surface area (Å²) in [7, 11) is 3.18. The number of allylic oxidation sites excluding steroid dienone is 4. The minimum atomic E-state index is -0.0166. The summed E-state index contributed by atoms with van der Waals surface area (Å²) in [6, 6.07) is 12.8. The van der Waals surface area contributed by atoms with Crippen LogP contribution in [0, 0.1) is 17.8 Å². The standard InChI is InChI=1S/C28H27N3O4S/c1-33-25-15-22-23(16-26(25)34-2)29-13-12-24(22)35-19-10-8-18(9-11-19)30-28(36)31-27(32)21-14-20(21)17-6-4-3-5-7-17/h3-6,8-13,15-17,20-21H,7,14H2,1-2H3,(H2,30,31,32,36)/t17?,20-,21?/m1/s1. The second-order valence-electron chi connectivity index (χ2n) is 8.82. The number of benzene rings is 2. The Kier molecular flexibility index (Phi) is 6.86. The molecule has 1 saturated carbocycles. The number of hydrogen-bond donors (Lipinski definition) is 2. The van der Waals surface area contributed by atoms with Crippen molar-refractivity contribution in [3.8, 4) is 23.0 Å². The Morgan fingerprint density at radius 2 is 1.81 bits per heavy atom. The highest BCUT2D eigenvalue weighted by molar-refractivity contribution is 7.80. The van der Waals surface area contributed by atoms with Crippen LogP contribution in [-0.4, -0.2) is 30.2 Å². The monoisotopic (exact) mass is 501 g/mol. The maximum absolute atomic E-state index is 12.6. The Morgan fingerprint density at radius 3 is 2.53 bits per heavy atom. The molecule has 2 unspecified atom stereocenters. The van der Waals surface area contributed by atoms with Gasteiger partial charge in [-0.15, -0.1) is 0 Å². The second-order valence-corrected chi connectivity index (χ2v) is 9.23. The van der Waals surface area contributed by atoms with Crippen molar-refractivity contribution in [2.24, 2.45) is 17.8 Å². The quantitative estimate of drug-likeness (QED) is 0.406. The number of fused-ring (bicyclic) bond motifs is 1. The lowest BCUT2D eigenvalue weighted by molar-refractivity contribution is -0.121. The largest absolute Gasteiger partial charge is 0.493 e. The molecule has 1 amide bonds. The molecule has 0 bridgehead atoms. The molecule has 0 radical (unpaired) electrons. The third kappa shape index (κ3) is 5.18. The van der Waals surface area contributed by atoms with Gasteiger partial charge in [0.25, 0.3) is 0 Å². The zero-order valence-electron chi connectivity index (χ0n) is 20.1. The van der Waals surface area contributed by atoms with E-state index in [-0.39, 0.29) is 11.8 Å². The highest BCUT2D eigenvalue weighted by atomic mass is 32.1. The van der Waals surface area contributed by atoms with Crippen LogP contribution in [-0.2, 0) is 4.79 Å². The van der Waals surface area contributed by atoms with Crippen LogP contribution in [0.25, 0.3) is 10.9 Å². The molecule has 0 aliphatic heterocycles. The molecule has 1 aromatic heterocycles. The molecule has 3 aromatic rings. The van der Waals surface area contributed by atoms with E-state index < -0.39 is 0 Å². The lowest BCUT2D eigenvalue weighted by Crippen LogP contribution is -2.35. The highest BCUT2D eigenvalue weighted by Gasteiger charge is 2.46. The van der Waals surface area contributed by atoms with Crippen LogP contribution in [0.1, 0.15) is 12.8 Å². The van der Waals surface area contributed by atoms with E-state index in [1.165, 1.54) is 0 Å². The molecule has 2 aliphatic rings. The molecule has 36 heavy (non-hydrogen) atoms. The van der Waals surface area contributed by atoms with Crippen molar-refractivity contribution in [3.05, 3.63) is 73.0 Å². The Morgan fingerprint density at radius 1 is 1.03 bits per heavy atom. The van der Waals surface area contributed by atoms with Crippen LogP contribution >= 0.6 is 12.2 Å². The van der Waals surface area contributed by atoms with E-state index in [0.717, 1.165) is 29.4 Å². The van der Waals surface area contributed by atoms with Crippen LogP contribution in [0.5, 0.6) is 23.0 Å². The molecule has 0 spiro atoms. The van der Waals surface area contributed by atoms with Crippen molar-refractivity contribution >= 4 is 39.8 Å². The average molecular weight is 502 g/mol. The molecule has 2 aromatic carbocycles. The summed E-state index contributed by atoms with van der Waals surface area (Å²) in [6.07, 6.45) is 12.1. The maximum Gasteiger partial charge on any atom is 0.229 e. The summed E-state index contributed by atoms with van der Waals surface area (Å²) in [4.78, 5) is 17.0. The molecule has 7 nitrogen and oxygen atoms in total. The number of hydrogen-bond acceptors (Lipinski definition) is 6. The number of carbonyl (C=O) groups is 1. The number of carbonyl (C=O) groups excluding carboxylic acids is 1. The summed E-state index contributed by atoms with van der Waals surface area (Å²) in [5, 5.41) is 7.01. The van der Waals surface area contributed by atoms with Crippen molar-refractivity contribution in [2.75, 3.05) is 19.5 Å². The van der Waals surface area contributed by atoms with Crippen LogP contribution in [0.3, 0.4) is 0 Å². The number of pyridine rings is 1. The SMILES string of the molecule is COc1cc2nccc(Oc3ccc(NC(=S)NC(=O)C4C[C@@H]4C4C=CC=CC4)cc3)c2cc1OC. The summed E-state index contributed by atoms with van der Waals surface area (Å²) < 4.78 is 16.9. The first-order valence-electron chi connectivity index (χ1n) is 11.8. The van der Waals surface area contributed by atoms with Crippen molar-refractivity contribution in [1.29, 1.82) is 0 Å². The number of nitrogens with one attached hydrogen (secondary N) is 2. The van der Waals surface area contributed by atoms with E-state index in [0.29, 0.717) is 39.9 Å². The number of methoxy groups -OCH3 is 2. The summed E-state index contributed by atoms with van der Waals surface area (Å²) in [5.74, 6) is 3.35. The molecule has 2 N–H and O–H groups in total. The Labute approximate surface area is 215 Å². The molecule has 3 atom stereocenters. The first kappa shape index (κ1) is 23.8. The molecule has 1 fully saturated rings. The van der Waals surface area contributed by atoms with Gasteiger partial charge in [-0.25, -0.2) is 0 Å². The lowest BCUT2D eigenvalue weighted by atomic mass is 9.94. The molecular formula is C28H27N3O4S. The van der Waals surface area contributed by atoms with Gasteiger partial charge in [0, 0.05) is 29.3 Å². The fraction of sp³-hybridized carbons (Fsp3) is 0.250. The smallest absolute Gasteiger partial charge is 0.229 e. The normalized spacial score (nSPS) is 20.0. The Bertz CT molecular complexity index is 1350. The van der Waals surface area contributed by atoms with Crippen LogP contribution < -0.4 is 24.8 Å². The zero-order chi connectivity index (χ0) is 25.1. The number of thiocarbonyl (C=S) groups is 1. The van der Waals surface area contributed by atoms with Gasteiger partial charge in [-0.1, -0.05) is 24.3 Å². The number of rotatable bonds is 7. The van der Waals surface area contributed by atoms with E-state index in [4.69, 9.17) is 26.4 Å². The lowest BCUT2D eigenvalue weighted by Gasteiger charge is -2.14. The molecule has 184 valence electrons. The van der Waals surface area contributed by atoms with Crippen LogP contribution in [0.15, 0.2) is 73.0 Å². The van der Waals surface area contributed by atoms with Gasteiger partial charge in [0.05, 0.1) is 19.7 Å². The third-order valence-electron chi connectivity index (χ3n) is 6.52. The van der Waals surface area contributed by atoms with Gasteiger partial charge in [-0.2, -0.15) is 0 Å². The van der Waals surface area contributed by atoms with Crippen LogP contribution in [0.2, 0.25) is 0 Å². The van der Waals surface area contributed by atoms with Gasteiger partial charge in [0.1, 0.15) is 11.5 Å². The first-order chi connectivity index (χ1) is 17.6. The summed E-state index contributed by atoms with van der Waals surface area (Å²) in [5.41, 5.74) is 1.49. The van der Waals surface area contributed by atoms with Gasteiger partial charge < -0.3 is 24.8 Å². The summed E-state index contributed by atoms with van der Waals surface area (Å²) in [6.45, 7) is 0. The number of nitrogens with zero attached hydrogens (tertiary/aromatic N) is 1. The molecule has 1 heterocycles. The Balaban J connectivity index is 1.19. The molecule has 5 rings (SSSR count). The van der Waals surface area contributed by atoms with Crippen molar-refractivity contribution in [2.45, 2.75) is 12.8 Å². The van der Waals surface area contributed by atoms with Gasteiger partial charge in [0.2, 0.25) is 5.91 Å².